The van der Waals surface area contributed by atoms with Crippen LogP contribution in [0, 0.1) is 36.0 Å². The molecule has 52 heavy (non-hydrogen) atoms. The Kier molecular flexibility index (Phi) is 16.1. The van der Waals surface area contributed by atoms with Crippen LogP contribution in [0.25, 0.3) is 0 Å². The lowest BCUT2D eigenvalue weighted by Crippen LogP contribution is -2.60. The lowest BCUT2D eigenvalue weighted by atomic mass is 9.74. The second kappa shape index (κ2) is 18.9. The third-order valence-electron chi connectivity index (χ3n) is 11.9. The number of aliphatic hydroxyl groups excluding tert-OH is 2. The molecule has 13 nitrogen and oxygen atoms in total. The number of esters is 1. The molecule has 298 valence electrons. The van der Waals surface area contributed by atoms with Gasteiger partial charge in [0, 0.05) is 49.9 Å². The number of aliphatic hydroxyl groups is 3. The third-order valence-corrected chi connectivity index (χ3v) is 11.9. The van der Waals surface area contributed by atoms with Gasteiger partial charge >= 0.3 is 5.97 Å². The molecule has 0 spiro atoms. The van der Waals surface area contributed by atoms with Gasteiger partial charge in [0.1, 0.15) is 29.8 Å². The Morgan fingerprint density at radius 2 is 1.71 bits per heavy atom. The van der Waals surface area contributed by atoms with Crippen LogP contribution in [0.1, 0.15) is 107 Å². The van der Waals surface area contributed by atoms with Crippen molar-refractivity contribution in [1.29, 1.82) is 0 Å². The molecule has 3 rings (SSSR count). The monoisotopic (exact) mass is 737 g/mol. The zero-order valence-electron chi connectivity index (χ0n) is 33.1. The van der Waals surface area contributed by atoms with Gasteiger partial charge in [0.25, 0.3) is 0 Å². The highest BCUT2D eigenvalue weighted by Crippen LogP contribution is 2.39. The fourth-order valence-electron chi connectivity index (χ4n) is 8.28. The molecule has 2 saturated heterocycles. The number of cyclic esters (lactones) is 1. The number of ketones is 1. The molecular weight excluding hydrogens is 670 g/mol. The largest absolute Gasteiger partial charge is 0.459 e. The number of likely N-dealkylation sites (N-methyl/N-ethyl adjacent to an activating group) is 1. The minimum atomic E-state index is -1.90. The van der Waals surface area contributed by atoms with E-state index < -0.39 is 77.3 Å². The van der Waals surface area contributed by atoms with E-state index in [9.17, 15) is 24.9 Å². The smallest absolute Gasteiger partial charge is 0.316 e. The minimum absolute atomic E-state index is 0.116. The zero-order valence-corrected chi connectivity index (χ0v) is 33.1. The first-order chi connectivity index (χ1) is 24.3. The Bertz CT molecular complexity index is 1250. The van der Waals surface area contributed by atoms with Gasteiger partial charge in [-0.3, -0.25) is 14.5 Å². The number of carbonyl (C=O) groups is 2. The Labute approximate surface area is 311 Å². The summed E-state index contributed by atoms with van der Waals surface area (Å²) in [6.45, 7) is 14.3. The number of rotatable bonds is 9. The van der Waals surface area contributed by atoms with Crippen molar-refractivity contribution < 1.29 is 48.7 Å². The van der Waals surface area contributed by atoms with Crippen LogP contribution in [-0.4, -0.2) is 125 Å². The highest BCUT2D eigenvalue weighted by molar-refractivity contribution is 6.00. The maximum absolute atomic E-state index is 14.2. The minimum Gasteiger partial charge on any atom is -0.459 e. The van der Waals surface area contributed by atoms with Gasteiger partial charge in [0.05, 0.1) is 29.6 Å². The number of methoxy groups -OCH3 is 1. The van der Waals surface area contributed by atoms with E-state index in [1.54, 1.807) is 20.8 Å². The van der Waals surface area contributed by atoms with E-state index in [-0.39, 0.29) is 37.1 Å². The molecule has 3 fully saturated rings. The van der Waals surface area contributed by atoms with Crippen LogP contribution in [0.5, 0.6) is 0 Å². The number of hydrogen-bond acceptors (Lipinski definition) is 13. The van der Waals surface area contributed by atoms with Crippen molar-refractivity contribution in [2.45, 2.75) is 173 Å². The van der Waals surface area contributed by atoms with E-state index in [1.165, 1.54) is 21.0 Å². The van der Waals surface area contributed by atoms with Crippen LogP contribution in [0.15, 0.2) is 5.16 Å². The summed E-state index contributed by atoms with van der Waals surface area (Å²) in [6, 6.07) is -0.218. The number of terminal acetylenes is 1. The van der Waals surface area contributed by atoms with Crippen molar-refractivity contribution >= 4 is 17.5 Å². The van der Waals surface area contributed by atoms with Crippen LogP contribution < -0.4 is 5.73 Å². The number of oxime groups is 1. The standard InChI is InChI=1S/C39H67N3O10/c1-12-14-19-42(10)29-20-23(4)49-37(33(29)44)51-35-25(6)32(43)26(7)36(46)50-30(13-2)39(9,47)34(45)24(5)31(22(3)21-38(35,8)48-11)41-52-28-17-15-27(40)16-18-28/h1,22-30,33-35,37,44-45,47H,13-21,40H2,2-11H3/b41-31+/t22-,23-,24+,25+,26-,27?,28?,29+,30-,33-,34?,35-,37+,38-,39-/m1/s1. The number of carbonyl (C=O) groups excluding carboxylic acids is 2. The Balaban J connectivity index is 2.12. The molecule has 13 atom stereocenters. The van der Waals surface area contributed by atoms with Gasteiger partial charge in [0.2, 0.25) is 0 Å². The van der Waals surface area contributed by atoms with Crippen molar-refractivity contribution in [1.82, 2.24) is 4.90 Å². The number of ether oxygens (including phenoxy) is 4. The highest BCUT2D eigenvalue weighted by atomic mass is 16.7. The summed E-state index contributed by atoms with van der Waals surface area (Å²) in [7, 11) is 3.41. The predicted molar refractivity (Wildman–Crippen MR) is 197 cm³/mol. The van der Waals surface area contributed by atoms with Crippen molar-refractivity contribution in [2.75, 3.05) is 20.7 Å². The number of nitrogens with two attached hydrogens (primary N) is 1. The second-order valence-electron chi connectivity index (χ2n) is 16.1. The van der Waals surface area contributed by atoms with E-state index in [2.05, 4.69) is 11.1 Å². The van der Waals surface area contributed by atoms with Crippen molar-refractivity contribution in [2.24, 2.45) is 34.6 Å². The average Bonchev–Trinajstić information content (AvgIpc) is 3.11. The molecule has 0 aromatic heterocycles. The highest BCUT2D eigenvalue weighted by Gasteiger charge is 2.52. The molecular formula is C39H67N3O10. The van der Waals surface area contributed by atoms with E-state index >= 15 is 0 Å². The van der Waals surface area contributed by atoms with Gasteiger partial charge in [-0.2, -0.15) is 0 Å². The van der Waals surface area contributed by atoms with Crippen LogP contribution in [0.3, 0.4) is 0 Å². The third kappa shape index (κ3) is 10.3. The van der Waals surface area contributed by atoms with Crippen molar-refractivity contribution in [3.8, 4) is 12.3 Å². The molecule has 0 radical (unpaired) electrons. The molecule has 5 N–H and O–H groups in total. The number of Topliss-reactive ketones (excluding diaryl/α,β-unsaturated/α-hetero) is 1. The average molecular weight is 738 g/mol. The molecule has 3 aliphatic rings. The maximum atomic E-state index is 14.2. The SMILES string of the molecule is C#CCCN(C)[C@H]1C[C@@H](C)O[C@@H](O[C@@H]2[C@@H](C)C(=O)[C@@H](C)C(=O)O[C@H](CC)[C@@](C)(O)C(O)[C@@H](C)/C(=N/OC3CCC(N)CC3)[C@H](C)C[C@@]2(C)OC)[C@@H]1O. The van der Waals surface area contributed by atoms with Gasteiger partial charge in [-0.15, -0.1) is 12.3 Å². The van der Waals surface area contributed by atoms with E-state index in [1.807, 2.05) is 32.7 Å². The van der Waals surface area contributed by atoms with Crippen molar-refractivity contribution in [3.63, 3.8) is 0 Å². The summed E-state index contributed by atoms with van der Waals surface area (Å²) in [5.74, 6) is -2.05. The first-order valence-corrected chi connectivity index (χ1v) is 19.1. The fraction of sp³-hybridized carbons (Fsp3) is 0.872. The molecule has 1 saturated carbocycles. The lowest BCUT2D eigenvalue weighted by molar-refractivity contribution is -0.295. The number of nitrogens with zero attached hydrogens (tertiary/aromatic N) is 2. The van der Waals surface area contributed by atoms with Crippen LogP contribution in [-0.2, 0) is 33.4 Å². The molecule has 2 heterocycles. The number of hydrogen-bond donors (Lipinski definition) is 4. The Morgan fingerprint density at radius 3 is 2.29 bits per heavy atom. The zero-order chi connectivity index (χ0) is 39.1. The van der Waals surface area contributed by atoms with Gasteiger partial charge in [-0.05, 0) is 79.7 Å². The summed E-state index contributed by atoms with van der Waals surface area (Å²) in [5.41, 5.74) is 3.47. The summed E-state index contributed by atoms with van der Waals surface area (Å²) >= 11 is 0. The lowest BCUT2D eigenvalue weighted by Gasteiger charge is -2.47. The second-order valence-corrected chi connectivity index (χ2v) is 16.1. The van der Waals surface area contributed by atoms with Gasteiger partial charge in [-0.1, -0.05) is 32.9 Å². The molecule has 0 bridgehead atoms. The molecule has 0 amide bonds. The van der Waals surface area contributed by atoms with Crippen molar-refractivity contribution in [3.05, 3.63) is 0 Å². The van der Waals surface area contributed by atoms with Crippen LogP contribution in [0.4, 0.5) is 0 Å². The summed E-state index contributed by atoms with van der Waals surface area (Å²) in [5, 5.41) is 39.9. The fourth-order valence-corrected chi connectivity index (χ4v) is 8.28. The quantitative estimate of drug-likeness (QED) is 0.118. The van der Waals surface area contributed by atoms with Gasteiger partial charge < -0.3 is 44.8 Å². The van der Waals surface area contributed by atoms with E-state index in [0.717, 1.165) is 25.7 Å². The Hall–Kier alpha value is -2.15. The van der Waals surface area contributed by atoms with Gasteiger partial charge in [-0.25, -0.2) is 0 Å². The first-order valence-electron chi connectivity index (χ1n) is 19.1. The predicted octanol–water partition coefficient (Wildman–Crippen LogP) is 3.19. The molecule has 0 aromatic rings. The molecule has 2 aliphatic heterocycles. The first kappa shape index (κ1) is 44.2. The molecule has 0 aromatic carbocycles. The van der Waals surface area contributed by atoms with Crippen LogP contribution >= 0.6 is 0 Å². The normalized spacial score (nSPS) is 43.8. The van der Waals surface area contributed by atoms with E-state index in [0.29, 0.717) is 25.1 Å². The maximum Gasteiger partial charge on any atom is 0.316 e. The Morgan fingerprint density at radius 1 is 1.08 bits per heavy atom. The van der Waals surface area contributed by atoms with E-state index in [4.69, 9.17) is 35.9 Å². The summed E-state index contributed by atoms with van der Waals surface area (Å²) in [6.07, 6.45) is 3.79. The summed E-state index contributed by atoms with van der Waals surface area (Å²) in [4.78, 5) is 35.9. The summed E-state index contributed by atoms with van der Waals surface area (Å²) < 4.78 is 24.9. The molecule has 1 aliphatic carbocycles. The van der Waals surface area contributed by atoms with Gasteiger partial charge in [0.15, 0.2) is 12.1 Å². The topological polar surface area (TPSA) is 183 Å². The van der Waals surface area contributed by atoms with Crippen LogP contribution in [0.2, 0.25) is 0 Å². The molecule has 13 heteroatoms. The molecule has 1 unspecified atom stereocenters.